The van der Waals surface area contributed by atoms with Gasteiger partial charge in [-0.05, 0) is 209 Å². The molecule has 31 nitrogen and oxygen atoms in total. The summed E-state index contributed by atoms with van der Waals surface area (Å²) in [5.41, 5.74) is 11.3. The van der Waals surface area contributed by atoms with Gasteiger partial charge in [0.1, 0.15) is 34.7 Å². The first kappa shape index (κ1) is 84.2. The number of nitrogens with zero attached hydrogens (tertiary/aromatic N) is 14. The second-order valence-electron chi connectivity index (χ2n) is 26.7. The lowest BCUT2D eigenvalue weighted by atomic mass is 10.1. The van der Waals surface area contributed by atoms with Crippen molar-refractivity contribution in [1.82, 2.24) is 69.4 Å². The first-order valence-corrected chi connectivity index (χ1v) is 42.8. The van der Waals surface area contributed by atoms with Crippen LogP contribution in [0, 0.1) is 0 Å². The predicted octanol–water partition coefficient (Wildman–Crippen LogP) is 21.8. The lowest BCUT2D eigenvalue weighted by molar-refractivity contribution is 0.0992. The van der Waals surface area contributed by atoms with Crippen molar-refractivity contribution >= 4 is 112 Å². The van der Waals surface area contributed by atoms with Crippen molar-refractivity contribution in [3.05, 3.63) is 377 Å². The fourth-order valence-corrected chi connectivity index (χ4v) is 17.1. The van der Waals surface area contributed by atoms with E-state index in [0.29, 0.717) is 112 Å². The van der Waals surface area contributed by atoms with Crippen LogP contribution < -0.4 is 26.6 Å². The Kier molecular flexibility index (Phi) is 26.7. The molecule has 0 aliphatic heterocycles. The van der Waals surface area contributed by atoms with E-state index in [9.17, 15) is 24.0 Å². The van der Waals surface area contributed by atoms with Gasteiger partial charge in [-0.1, -0.05) is 68.8 Å². The summed E-state index contributed by atoms with van der Waals surface area (Å²) in [5.74, 6) is 2.12. The molecular formula is C93H63N19O12S5. The largest absolute Gasteiger partial charge is 0.472 e. The third kappa shape index (κ3) is 21.2. The van der Waals surface area contributed by atoms with E-state index in [-0.39, 0.29) is 35.3 Å². The van der Waals surface area contributed by atoms with Crippen LogP contribution in [0.15, 0.2) is 375 Å². The molecule has 0 saturated carbocycles. The summed E-state index contributed by atoms with van der Waals surface area (Å²) < 4.78 is 39.5. The summed E-state index contributed by atoms with van der Waals surface area (Å²) in [4.78, 5) is 121. The van der Waals surface area contributed by atoms with Crippen molar-refractivity contribution in [1.29, 1.82) is 0 Å². The number of thiazole rings is 5. The zero-order valence-corrected chi connectivity index (χ0v) is 70.8. The van der Waals surface area contributed by atoms with Gasteiger partial charge in [0, 0.05) is 117 Å². The number of benzene rings is 1. The van der Waals surface area contributed by atoms with Crippen LogP contribution in [0.25, 0.3) is 109 Å². The van der Waals surface area contributed by atoms with Gasteiger partial charge < -0.3 is 35.5 Å². The zero-order chi connectivity index (χ0) is 87.9. The highest BCUT2D eigenvalue weighted by Gasteiger charge is 2.26. The first-order valence-electron chi connectivity index (χ1n) is 38.7. The van der Waals surface area contributed by atoms with Crippen molar-refractivity contribution < 1.29 is 54.9 Å². The SMILES string of the molecule is O=C(Nc1nc(-c2ccco2)c(-c2ccncc2)s1)c1ccc(Cn2ccnc2)cc1.O=C(Nc1nc(-c2ccco2)c(-c2ccncc2)s1)c1cccnc1.O=C(Nc1nc(-c2ccco2)c(-c2ccncc2)s1)c1ccco1.O=C(Nc1nc(-c2ccco2)c(-c2ccncc2)s1)c1ccncc1.O=C(Nc1nc(-c2ccco2)c(-c2ccncc2)s1)c1ccoc1. The molecule has 0 aliphatic carbocycles. The predicted molar refractivity (Wildman–Crippen MR) is 489 cm³/mol. The molecule has 36 heteroatoms. The molecule has 0 aliphatic rings. The number of anilines is 5. The number of furan rings is 7. The first-order chi connectivity index (χ1) is 63.5. The Morgan fingerprint density at radius 1 is 0.279 bits per heavy atom. The molecule has 0 radical (unpaired) electrons. The van der Waals surface area contributed by atoms with Gasteiger partial charge in [0.05, 0.1) is 85.7 Å². The van der Waals surface area contributed by atoms with Crippen LogP contribution in [0.5, 0.6) is 0 Å². The van der Waals surface area contributed by atoms with Crippen LogP contribution in [-0.2, 0) is 6.54 Å². The molecule has 21 rings (SSSR count). The van der Waals surface area contributed by atoms with Crippen molar-refractivity contribution in [2.24, 2.45) is 0 Å². The number of carbonyl (C=O) groups excluding carboxylic acids is 5. The van der Waals surface area contributed by atoms with Gasteiger partial charge >= 0.3 is 0 Å². The monoisotopic (exact) mass is 1800 g/mol. The van der Waals surface area contributed by atoms with Crippen LogP contribution in [-0.4, -0.2) is 98.9 Å². The Morgan fingerprint density at radius 3 is 0.907 bits per heavy atom. The van der Waals surface area contributed by atoms with Crippen molar-refractivity contribution in [3.8, 4) is 109 Å². The van der Waals surface area contributed by atoms with Gasteiger partial charge in [-0.25, -0.2) is 29.9 Å². The van der Waals surface area contributed by atoms with Crippen molar-refractivity contribution in [2.45, 2.75) is 6.54 Å². The molecule has 0 spiro atoms. The average molecular weight is 1800 g/mol. The van der Waals surface area contributed by atoms with Crippen molar-refractivity contribution in [2.75, 3.05) is 26.6 Å². The summed E-state index contributed by atoms with van der Waals surface area (Å²) in [6.45, 7) is 0.705. The Morgan fingerprint density at radius 2 is 0.605 bits per heavy atom. The summed E-state index contributed by atoms with van der Waals surface area (Å²) in [5, 5.41) is 16.6. The molecule has 20 heterocycles. The van der Waals surface area contributed by atoms with Crippen LogP contribution >= 0.6 is 56.7 Å². The lowest BCUT2D eigenvalue weighted by Gasteiger charge is -2.05. The quantitative estimate of drug-likeness (QED) is 0.0421. The number of rotatable bonds is 22. The van der Waals surface area contributed by atoms with Gasteiger partial charge in [0.15, 0.2) is 60.2 Å². The summed E-state index contributed by atoms with van der Waals surface area (Å²) in [6, 6.07) is 56.3. The van der Waals surface area contributed by atoms with E-state index in [4.69, 9.17) is 30.9 Å². The van der Waals surface area contributed by atoms with Gasteiger partial charge in [-0.3, -0.25) is 85.4 Å². The number of imidazole rings is 1. The van der Waals surface area contributed by atoms with Crippen molar-refractivity contribution in [3.63, 3.8) is 0 Å². The number of carbonyl (C=O) groups is 5. The number of aromatic nitrogens is 14. The maximum atomic E-state index is 12.8. The third-order valence-electron chi connectivity index (χ3n) is 18.3. The van der Waals surface area contributed by atoms with Gasteiger partial charge in [-0.2, -0.15) is 0 Å². The van der Waals surface area contributed by atoms with Crippen LogP contribution in [0.4, 0.5) is 25.7 Å². The molecule has 0 fully saturated rings. The van der Waals surface area contributed by atoms with E-state index in [0.717, 1.165) is 57.8 Å². The normalized spacial score (nSPS) is 10.7. The third-order valence-corrected chi connectivity index (χ3v) is 23.4. The topological polar surface area (TPSA) is 410 Å². The molecule has 129 heavy (non-hydrogen) atoms. The molecule has 0 saturated heterocycles. The highest BCUT2D eigenvalue weighted by Crippen LogP contribution is 2.45. The minimum absolute atomic E-state index is 0.213. The Hall–Kier alpha value is -17.1. The van der Waals surface area contributed by atoms with Crippen LogP contribution in [0.1, 0.15) is 57.6 Å². The number of pyridine rings is 7. The maximum Gasteiger partial charge on any atom is 0.293 e. The van der Waals surface area contributed by atoms with E-state index < -0.39 is 0 Å². The molecule has 0 bridgehead atoms. The molecular weight excluding hydrogens is 1740 g/mol. The number of hydrogen-bond donors (Lipinski definition) is 5. The second-order valence-corrected chi connectivity index (χ2v) is 31.7. The summed E-state index contributed by atoms with van der Waals surface area (Å²) in [6.07, 6.45) is 41.1. The zero-order valence-electron chi connectivity index (χ0n) is 66.7. The van der Waals surface area contributed by atoms with E-state index in [1.807, 2.05) is 132 Å². The van der Waals surface area contributed by atoms with Crippen LogP contribution in [0.2, 0.25) is 0 Å². The maximum absolute atomic E-state index is 12.8. The molecule has 21 aromatic rings. The van der Waals surface area contributed by atoms with Crippen LogP contribution in [0.3, 0.4) is 0 Å². The fraction of sp³-hybridized carbons (Fsp3) is 0.0108. The molecule has 20 aromatic heterocycles. The highest BCUT2D eigenvalue weighted by atomic mass is 32.1. The highest BCUT2D eigenvalue weighted by molar-refractivity contribution is 7.21. The minimum Gasteiger partial charge on any atom is -0.472 e. The lowest BCUT2D eigenvalue weighted by Crippen LogP contribution is -2.11. The number of amides is 5. The summed E-state index contributed by atoms with van der Waals surface area (Å²) in [7, 11) is 0. The molecule has 0 unspecified atom stereocenters. The molecule has 1 aromatic carbocycles. The van der Waals surface area contributed by atoms with Gasteiger partial charge in [0.25, 0.3) is 29.5 Å². The summed E-state index contributed by atoms with van der Waals surface area (Å²) >= 11 is 6.91. The smallest absolute Gasteiger partial charge is 0.293 e. The number of hydrogen-bond acceptors (Lipinski definition) is 30. The fourth-order valence-electron chi connectivity index (χ4n) is 12.3. The van der Waals surface area contributed by atoms with E-state index in [1.165, 1.54) is 81.7 Å². The van der Waals surface area contributed by atoms with Gasteiger partial charge in [-0.15, -0.1) is 0 Å². The van der Waals surface area contributed by atoms with Gasteiger partial charge in [0.2, 0.25) is 0 Å². The Bertz CT molecular complexity index is 6790. The second kappa shape index (κ2) is 41.0. The minimum atomic E-state index is -0.346. The molecule has 5 amide bonds. The van der Waals surface area contributed by atoms with E-state index in [1.54, 1.807) is 191 Å². The Balaban J connectivity index is 0.000000114. The molecule has 0 atom stereocenters. The molecule has 632 valence electrons. The van der Waals surface area contributed by atoms with E-state index >= 15 is 0 Å². The van der Waals surface area contributed by atoms with E-state index in [2.05, 4.69) is 91.4 Å². The molecule has 5 N–H and O–H groups in total. The number of nitrogens with one attached hydrogen (secondary N) is 5. The average Bonchev–Trinajstić information content (AvgIpc) is 1.68. The standard InChI is InChI=1S/C23H17N5O2S.2C18H12N4O2S.2C17H11N3O3S/c29-22(18-5-3-16(4-6-18)14-28-12-11-25-15-28)27-23-26-20(19-2-1-13-30-19)21(31-23)17-7-9-24-10-8-17;23-17(13-3-1-7-20-11-13)22-18-21-15(14-4-2-10-24-14)16(25-18)12-5-8-19-9-6-12;23-17(13-5-9-20-10-6-13)22-18-21-15(14-2-1-11-24-14)16(25-18)12-3-7-19-8-4-12;21-16(13-4-2-10-23-13)20-17-19-14(12-3-1-9-22-12)15(24-17)11-5-7-18-8-6-11;21-16(12-5-9-22-10-12)20-17-19-14(13-2-1-8-23-13)15(24-17)11-3-6-18-7-4-11/h1-13,15H,14H2,(H,26,27,29);2*1-11H,(H,21,22,23);2*1-10H,(H,19,20,21). The Labute approximate surface area is 750 Å².